The van der Waals surface area contributed by atoms with Crippen LogP contribution in [-0.2, 0) is 9.53 Å². The Kier molecular flexibility index (Phi) is 6.53. The van der Waals surface area contributed by atoms with E-state index in [0.717, 1.165) is 17.0 Å². The molecule has 0 unspecified atom stereocenters. The zero-order valence-electron chi connectivity index (χ0n) is 14.0. The third-order valence-corrected chi connectivity index (χ3v) is 3.28. The summed E-state index contributed by atoms with van der Waals surface area (Å²) < 4.78 is 9.69. The Morgan fingerprint density at radius 2 is 1.72 bits per heavy atom. The standard InChI is InChI=1S/C18H19N3O4/c1-24-16-9-7-15(8-10-16)19-12-17(22)21-20-11-13-3-5-14(6-4-13)18(23)25-2/h3-11,19H,12H2,1-2H3,(H,21,22)/b20-11+. The highest BCUT2D eigenvalue weighted by Gasteiger charge is 2.03. The molecule has 0 aliphatic heterocycles. The molecule has 25 heavy (non-hydrogen) atoms. The lowest BCUT2D eigenvalue weighted by atomic mass is 10.1. The van der Waals surface area contributed by atoms with Gasteiger partial charge in [-0.1, -0.05) is 12.1 Å². The van der Waals surface area contributed by atoms with Gasteiger partial charge in [0, 0.05) is 5.69 Å². The number of ether oxygens (including phenoxy) is 2. The lowest BCUT2D eigenvalue weighted by Gasteiger charge is -2.06. The van der Waals surface area contributed by atoms with Crippen LogP contribution in [0.1, 0.15) is 15.9 Å². The second-order valence-electron chi connectivity index (χ2n) is 4.99. The lowest BCUT2D eigenvalue weighted by Crippen LogP contribution is -2.25. The summed E-state index contributed by atoms with van der Waals surface area (Å²) in [4.78, 5) is 23.1. The molecule has 2 N–H and O–H groups in total. The second kappa shape index (κ2) is 9.07. The molecule has 0 aliphatic carbocycles. The van der Waals surface area contributed by atoms with E-state index in [1.807, 2.05) is 12.1 Å². The monoisotopic (exact) mass is 341 g/mol. The Balaban J connectivity index is 1.78. The molecule has 0 saturated carbocycles. The molecule has 0 bridgehead atoms. The van der Waals surface area contributed by atoms with Crippen LogP contribution in [0, 0.1) is 0 Å². The number of methoxy groups -OCH3 is 2. The summed E-state index contributed by atoms with van der Waals surface area (Å²) in [5.41, 5.74) is 4.43. The van der Waals surface area contributed by atoms with Gasteiger partial charge in [-0.05, 0) is 42.0 Å². The van der Waals surface area contributed by atoms with E-state index in [9.17, 15) is 9.59 Å². The second-order valence-corrected chi connectivity index (χ2v) is 4.99. The summed E-state index contributed by atoms with van der Waals surface area (Å²) in [6, 6.07) is 13.9. The number of amides is 1. The molecule has 7 nitrogen and oxygen atoms in total. The molecule has 0 atom stereocenters. The Morgan fingerprint density at radius 1 is 1.04 bits per heavy atom. The van der Waals surface area contributed by atoms with Crippen LogP contribution in [0.3, 0.4) is 0 Å². The highest BCUT2D eigenvalue weighted by Crippen LogP contribution is 2.14. The third kappa shape index (κ3) is 5.65. The molecule has 2 aromatic carbocycles. The van der Waals surface area contributed by atoms with Crippen molar-refractivity contribution in [1.82, 2.24) is 5.43 Å². The quantitative estimate of drug-likeness (QED) is 0.457. The predicted molar refractivity (Wildman–Crippen MR) is 95.0 cm³/mol. The number of hydrogen-bond donors (Lipinski definition) is 2. The first-order valence-electron chi connectivity index (χ1n) is 7.50. The Bertz CT molecular complexity index is 740. The molecule has 0 heterocycles. The number of carbonyl (C=O) groups excluding carboxylic acids is 2. The van der Waals surface area contributed by atoms with Crippen molar-refractivity contribution in [2.75, 3.05) is 26.1 Å². The molecule has 130 valence electrons. The van der Waals surface area contributed by atoms with Crippen LogP contribution < -0.4 is 15.5 Å². The predicted octanol–water partition coefficient (Wildman–Crippen LogP) is 2.04. The summed E-state index contributed by atoms with van der Waals surface area (Å²) in [7, 11) is 2.92. The summed E-state index contributed by atoms with van der Waals surface area (Å²) in [6.45, 7) is 0.0882. The molecule has 2 rings (SSSR count). The Morgan fingerprint density at radius 3 is 2.32 bits per heavy atom. The molecule has 0 radical (unpaired) electrons. The molecule has 7 heteroatoms. The first kappa shape index (κ1) is 18.0. The molecule has 2 aromatic rings. The average molecular weight is 341 g/mol. The maximum Gasteiger partial charge on any atom is 0.337 e. The Hall–Kier alpha value is -3.35. The van der Waals surface area contributed by atoms with E-state index in [1.54, 1.807) is 43.5 Å². The number of nitrogens with one attached hydrogen (secondary N) is 2. The van der Waals surface area contributed by atoms with Crippen LogP contribution in [-0.4, -0.2) is 38.9 Å². The molecular formula is C18H19N3O4. The number of anilines is 1. The van der Waals surface area contributed by atoms with Gasteiger partial charge in [-0.2, -0.15) is 5.10 Å². The number of benzene rings is 2. The summed E-state index contributed by atoms with van der Waals surface area (Å²) in [5, 5.41) is 6.85. The van der Waals surface area contributed by atoms with Gasteiger partial charge >= 0.3 is 5.97 Å². The lowest BCUT2D eigenvalue weighted by molar-refractivity contribution is -0.119. The van der Waals surface area contributed by atoms with Gasteiger partial charge in [0.25, 0.3) is 5.91 Å². The number of hydrogen-bond acceptors (Lipinski definition) is 6. The highest BCUT2D eigenvalue weighted by atomic mass is 16.5. The van der Waals surface area contributed by atoms with E-state index in [0.29, 0.717) is 5.56 Å². The van der Waals surface area contributed by atoms with Crippen molar-refractivity contribution < 1.29 is 19.1 Å². The van der Waals surface area contributed by atoms with E-state index in [2.05, 4.69) is 20.6 Å². The largest absolute Gasteiger partial charge is 0.497 e. The number of rotatable bonds is 7. The molecule has 1 amide bonds. The van der Waals surface area contributed by atoms with Gasteiger partial charge in [-0.15, -0.1) is 0 Å². The van der Waals surface area contributed by atoms with Crippen LogP contribution in [0.25, 0.3) is 0 Å². The number of nitrogens with zero attached hydrogens (tertiary/aromatic N) is 1. The maximum atomic E-state index is 11.7. The normalized spacial score (nSPS) is 10.3. The van der Waals surface area contributed by atoms with Gasteiger partial charge in [0.1, 0.15) is 5.75 Å². The van der Waals surface area contributed by atoms with Crippen LogP contribution >= 0.6 is 0 Å². The fourth-order valence-corrected chi connectivity index (χ4v) is 1.93. The fourth-order valence-electron chi connectivity index (χ4n) is 1.93. The van der Waals surface area contributed by atoms with Gasteiger partial charge in [-0.25, -0.2) is 10.2 Å². The van der Waals surface area contributed by atoms with Gasteiger partial charge in [-0.3, -0.25) is 4.79 Å². The van der Waals surface area contributed by atoms with Crippen molar-refractivity contribution in [3.63, 3.8) is 0 Å². The van der Waals surface area contributed by atoms with E-state index >= 15 is 0 Å². The molecular weight excluding hydrogens is 322 g/mol. The highest BCUT2D eigenvalue weighted by molar-refractivity contribution is 5.91. The minimum Gasteiger partial charge on any atom is -0.497 e. The van der Waals surface area contributed by atoms with Gasteiger partial charge < -0.3 is 14.8 Å². The molecule has 0 aliphatic rings. The smallest absolute Gasteiger partial charge is 0.337 e. The number of hydrazone groups is 1. The molecule has 0 aromatic heterocycles. The SMILES string of the molecule is COC(=O)c1ccc(/C=N/NC(=O)CNc2ccc(OC)cc2)cc1. The summed E-state index contributed by atoms with van der Waals surface area (Å²) in [5.74, 6) is 0.0671. The van der Waals surface area contributed by atoms with Crippen LogP contribution in [0.4, 0.5) is 5.69 Å². The van der Waals surface area contributed by atoms with Crippen molar-refractivity contribution in [1.29, 1.82) is 0 Å². The maximum absolute atomic E-state index is 11.7. The third-order valence-electron chi connectivity index (χ3n) is 3.28. The van der Waals surface area contributed by atoms with Gasteiger partial charge in [0.05, 0.1) is 32.5 Å². The number of carbonyl (C=O) groups is 2. The van der Waals surface area contributed by atoms with E-state index < -0.39 is 5.97 Å². The van der Waals surface area contributed by atoms with Crippen molar-refractivity contribution in [3.05, 3.63) is 59.7 Å². The zero-order valence-corrected chi connectivity index (χ0v) is 14.0. The van der Waals surface area contributed by atoms with Crippen molar-refractivity contribution in [2.24, 2.45) is 5.10 Å². The Labute approximate surface area is 145 Å². The van der Waals surface area contributed by atoms with Crippen LogP contribution in [0.2, 0.25) is 0 Å². The van der Waals surface area contributed by atoms with Gasteiger partial charge in [0.2, 0.25) is 0 Å². The first-order valence-corrected chi connectivity index (χ1v) is 7.50. The van der Waals surface area contributed by atoms with Crippen LogP contribution in [0.5, 0.6) is 5.75 Å². The fraction of sp³-hybridized carbons (Fsp3) is 0.167. The van der Waals surface area contributed by atoms with E-state index in [4.69, 9.17) is 4.74 Å². The summed E-state index contributed by atoms with van der Waals surface area (Å²) >= 11 is 0. The van der Waals surface area contributed by atoms with E-state index in [-0.39, 0.29) is 12.5 Å². The first-order chi connectivity index (χ1) is 12.1. The molecule has 0 saturated heterocycles. The summed E-state index contributed by atoms with van der Waals surface area (Å²) in [6.07, 6.45) is 1.49. The number of esters is 1. The minimum absolute atomic E-state index is 0.0882. The van der Waals surface area contributed by atoms with Crippen LogP contribution in [0.15, 0.2) is 53.6 Å². The topological polar surface area (TPSA) is 89.0 Å². The van der Waals surface area contributed by atoms with Crippen molar-refractivity contribution >= 4 is 23.8 Å². The van der Waals surface area contributed by atoms with E-state index in [1.165, 1.54) is 13.3 Å². The minimum atomic E-state index is -0.401. The van der Waals surface area contributed by atoms with Gasteiger partial charge in [0.15, 0.2) is 0 Å². The molecule has 0 fully saturated rings. The average Bonchev–Trinajstić information content (AvgIpc) is 2.66. The van der Waals surface area contributed by atoms with Crippen molar-refractivity contribution in [2.45, 2.75) is 0 Å². The molecule has 0 spiro atoms. The van der Waals surface area contributed by atoms with Crippen molar-refractivity contribution in [3.8, 4) is 5.75 Å². The zero-order chi connectivity index (χ0) is 18.1.